The first-order chi connectivity index (χ1) is 13.6. The molecule has 0 amide bonds. The Labute approximate surface area is 169 Å². The number of nitrogens with one attached hydrogen (secondary N) is 1. The lowest BCUT2D eigenvalue weighted by Gasteiger charge is -2.16. The number of hydrogen-bond donors (Lipinski definition) is 2. The average molecular weight is 394 g/mol. The summed E-state index contributed by atoms with van der Waals surface area (Å²) < 4.78 is 6.80. The Hall–Kier alpha value is -2.96. The summed E-state index contributed by atoms with van der Waals surface area (Å²) in [5.74, 6) is -0.989. The first-order valence-electron chi connectivity index (χ1n) is 8.85. The van der Waals surface area contributed by atoms with Crippen molar-refractivity contribution in [2.24, 2.45) is 0 Å². The number of hydrogen-bond acceptors (Lipinski definition) is 5. The van der Waals surface area contributed by atoms with Gasteiger partial charge in [0.2, 0.25) is 0 Å². The lowest BCUT2D eigenvalue weighted by molar-refractivity contribution is -0.138. The van der Waals surface area contributed by atoms with Crippen LogP contribution in [0.1, 0.15) is 5.56 Å². The van der Waals surface area contributed by atoms with Crippen molar-refractivity contribution in [3.63, 3.8) is 0 Å². The minimum Gasteiger partial charge on any atom is -0.479 e. The van der Waals surface area contributed by atoms with Crippen LogP contribution in [0.2, 0.25) is 0 Å². The maximum absolute atomic E-state index is 10.5. The largest absolute Gasteiger partial charge is 0.479 e. The molecule has 0 atom stereocenters. The Morgan fingerprint density at radius 3 is 2.43 bits per heavy atom. The summed E-state index contributed by atoms with van der Waals surface area (Å²) in [7, 11) is 1.82. The molecule has 0 bridgehead atoms. The molecule has 0 aliphatic heterocycles. The summed E-state index contributed by atoms with van der Waals surface area (Å²) in [6.45, 7) is 0.392. The summed E-state index contributed by atoms with van der Waals surface area (Å²) in [6, 6.07) is 26.7. The molecular weight excluding hydrogens is 372 g/mol. The van der Waals surface area contributed by atoms with Crippen LogP contribution < -0.4 is 9.62 Å². The van der Waals surface area contributed by atoms with Crippen molar-refractivity contribution < 1.29 is 14.1 Å². The van der Waals surface area contributed by atoms with Crippen LogP contribution in [0.5, 0.6) is 0 Å². The van der Waals surface area contributed by atoms with Gasteiger partial charge in [0, 0.05) is 25.0 Å². The van der Waals surface area contributed by atoms with Crippen molar-refractivity contribution in [1.82, 2.24) is 0 Å². The molecule has 28 heavy (non-hydrogen) atoms. The predicted molar refractivity (Wildman–Crippen MR) is 115 cm³/mol. The van der Waals surface area contributed by atoms with Crippen LogP contribution in [0.25, 0.3) is 11.1 Å². The third kappa shape index (κ3) is 5.77. The average Bonchev–Trinajstić information content (AvgIpc) is 2.73. The molecule has 3 aromatic rings. The fraction of sp³-hybridized carbons (Fsp3) is 0.136. The van der Waals surface area contributed by atoms with E-state index in [-0.39, 0.29) is 6.61 Å². The maximum atomic E-state index is 10.5. The van der Waals surface area contributed by atoms with Gasteiger partial charge in [0.25, 0.3) is 0 Å². The van der Waals surface area contributed by atoms with Gasteiger partial charge in [-0.25, -0.2) is 4.79 Å². The van der Waals surface area contributed by atoms with E-state index in [0.717, 1.165) is 30.1 Å². The number of carbonyl (C=O) groups is 1. The molecule has 144 valence electrons. The number of anilines is 2. The van der Waals surface area contributed by atoms with Gasteiger partial charge in [0.05, 0.1) is 0 Å². The number of carboxylic acid groups (broad SMARTS) is 1. The Kier molecular flexibility index (Phi) is 6.94. The van der Waals surface area contributed by atoms with E-state index in [0.29, 0.717) is 0 Å². The molecule has 0 aliphatic rings. The van der Waals surface area contributed by atoms with E-state index in [1.807, 2.05) is 49.5 Å². The second-order valence-corrected chi connectivity index (χ2v) is 7.13. The quantitative estimate of drug-likeness (QED) is 0.390. The molecule has 0 unspecified atom stereocenters. The van der Waals surface area contributed by atoms with E-state index in [1.165, 1.54) is 16.7 Å². The molecule has 2 N–H and O–H groups in total. The zero-order chi connectivity index (χ0) is 19.8. The predicted octanol–water partition coefficient (Wildman–Crippen LogP) is 5.07. The second-order valence-electron chi connectivity index (χ2n) is 6.19. The lowest BCUT2D eigenvalue weighted by atomic mass is 10.0. The molecule has 0 saturated carbocycles. The molecule has 5 nitrogen and oxygen atoms in total. The highest BCUT2D eigenvalue weighted by atomic mass is 32.2. The smallest absolute Gasteiger partial charge is 0.331 e. The highest BCUT2D eigenvalue weighted by Gasteiger charge is 2.05. The van der Waals surface area contributed by atoms with Gasteiger partial charge in [0.15, 0.2) is 6.61 Å². The number of carboxylic acids is 1. The van der Waals surface area contributed by atoms with E-state index < -0.39 is 5.97 Å². The number of aliphatic carboxylic acids is 1. The zero-order valence-corrected chi connectivity index (χ0v) is 16.4. The van der Waals surface area contributed by atoms with Crippen molar-refractivity contribution in [2.45, 2.75) is 6.54 Å². The third-order valence-electron chi connectivity index (χ3n) is 4.11. The van der Waals surface area contributed by atoms with Crippen LogP contribution in [0.3, 0.4) is 0 Å². The van der Waals surface area contributed by atoms with E-state index >= 15 is 0 Å². The number of rotatable bonds is 9. The van der Waals surface area contributed by atoms with Crippen LogP contribution in [0.15, 0.2) is 78.9 Å². The molecule has 3 aromatic carbocycles. The number of nitrogens with zero attached hydrogens (tertiary/aromatic N) is 1. The minimum atomic E-state index is -0.989. The first kappa shape index (κ1) is 19.8. The molecule has 6 heteroatoms. The van der Waals surface area contributed by atoms with Gasteiger partial charge in [-0.2, -0.15) is 0 Å². The Morgan fingerprint density at radius 2 is 1.71 bits per heavy atom. The van der Waals surface area contributed by atoms with E-state index in [4.69, 9.17) is 9.29 Å². The molecule has 0 aliphatic carbocycles. The SMILES string of the molecule is CN(SOCC(=O)O)c1ccc(NCc2cccc(-c3ccccc3)c2)cc1. The fourth-order valence-electron chi connectivity index (χ4n) is 2.68. The van der Waals surface area contributed by atoms with Gasteiger partial charge in [-0.1, -0.05) is 48.5 Å². The zero-order valence-electron chi connectivity index (χ0n) is 15.5. The standard InChI is InChI=1S/C22H22N2O3S/c1-24(28-27-16-22(25)26)21-12-10-20(11-13-21)23-15-17-6-5-9-19(14-17)18-7-3-2-4-8-18/h2-14,23H,15-16H2,1H3,(H,25,26). The van der Waals surface area contributed by atoms with E-state index in [1.54, 1.807) is 4.31 Å². The second kappa shape index (κ2) is 9.82. The lowest BCUT2D eigenvalue weighted by Crippen LogP contribution is -2.11. The monoisotopic (exact) mass is 394 g/mol. The van der Waals surface area contributed by atoms with Crippen LogP contribution in [0, 0.1) is 0 Å². The van der Waals surface area contributed by atoms with Crippen molar-refractivity contribution >= 4 is 29.6 Å². The Morgan fingerprint density at radius 1 is 1.00 bits per heavy atom. The van der Waals surface area contributed by atoms with Crippen molar-refractivity contribution in [3.05, 3.63) is 84.4 Å². The van der Waals surface area contributed by atoms with Crippen LogP contribution in [-0.4, -0.2) is 24.7 Å². The van der Waals surface area contributed by atoms with Gasteiger partial charge in [-0.15, -0.1) is 0 Å². The van der Waals surface area contributed by atoms with Crippen molar-refractivity contribution in [3.8, 4) is 11.1 Å². The molecule has 0 spiro atoms. The minimum absolute atomic E-state index is 0.337. The summed E-state index contributed by atoms with van der Waals surface area (Å²) in [5.41, 5.74) is 5.56. The van der Waals surface area contributed by atoms with Crippen LogP contribution >= 0.6 is 12.2 Å². The maximum Gasteiger partial charge on any atom is 0.331 e. The van der Waals surface area contributed by atoms with Gasteiger partial charge < -0.3 is 10.4 Å². The van der Waals surface area contributed by atoms with Crippen LogP contribution in [0.4, 0.5) is 11.4 Å². The summed E-state index contributed by atoms with van der Waals surface area (Å²) in [6.07, 6.45) is 0. The molecule has 3 rings (SSSR count). The molecule has 0 radical (unpaired) electrons. The fourth-order valence-corrected chi connectivity index (χ4v) is 3.20. The molecule has 0 aromatic heterocycles. The molecule has 0 saturated heterocycles. The van der Waals surface area contributed by atoms with Gasteiger partial charge in [0.1, 0.15) is 12.2 Å². The highest BCUT2D eigenvalue weighted by Crippen LogP contribution is 2.24. The Bertz CT molecular complexity index is 901. The summed E-state index contributed by atoms with van der Waals surface area (Å²) in [4.78, 5) is 10.5. The van der Waals surface area contributed by atoms with Gasteiger partial charge >= 0.3 is 5.97 Å². The van der Waals surface area contributed by atoms with E-state index in [9.17, 15) is 4.79 Å². The summed E-state index contributed by atoms with van der Waals surface area (Å²) >= 11 is 1.01. The first-order valence-corrected chi connectivity index (χ1v) is 9.55. The van der Waals surface area contributed by atoms with E-state index in [2.05, 4.69) is 41.7 Å². The normalized spacial score (nSPS) is 10.5. The van der Waals surface area contributed by atoms with Gasteiger partial charge in [-0.05, 0) is 47.0 Å². The van der Waals surface area contributed by atoms with Crippen molar-refractivity contribution in [2.75, 3.05) is 23.3 Å². The van der Waals surface area contributed by atoms with Crippen molar-refractivity contribution in [1.29, 1.82) is 0 Å². The highest BCUT2D eigenvalue weighted by molar-refractivity contribution is 7.96. The van der Waals surface area contributed by atoms with Gasteiger partial charge in [-0.3, -0.25) is 8.49 Å². The topological polar surface area (TPSA) is 61.8 Å². The van der Waals surface area contributed by atoms with Crippen LogP contribution in [-0.2, 0) is 15.5 Å². The Balaban J connectivity index is 1.56. The molecule has 0 fully saturated rings. The third-order valence-corrected chi connectivity index (χ3v) is 4.77. The molecule has 0 heterocycles. The number of benzene rings is 3. The summed E-state index contributed by atoms with van der Waals surface area (Å²) in [5, 5.41) is 12.0. The molecular formula is C22H22N2O3S.